The normalized spacial score (nSPS) is 9.47. The Labute approximate surface area is 109 Å². The van der Waals surface area contributed by atoms with Crippen LogP contribution < -0.4 is 4.74 Å². The molecule has 0 atom stereocenters. The van der Waals surface area contributed by atoms with E-state index in [9.17, 15) is 4.39 Å². The van der Waals surface area contributed by atoms with Crippen molar-refractivity contribution in [3.8, 4) is 23.8 Å². The minimum atomic E-state index is -0.675. The Morgan fingerprint density at radius 3 is 2.63 bits per heavy atom. The molecule has 2 aromatic rings. The largest absolute Gasteiger partial charge is 0.438 e. The van der Waals surface area contributed by atoms with Gasteiger partial charge in [0, 0.05) is 12.3 Å². The minimum absolute atomic E-state index is 0.0648. The first kappa shape index (κ1) is 12.5. The highest BCUT2D eigenvalue weighted by Gasteiger charge is 2.10. The van der Waals surface area contributed by atoms with Gasteiger partial charge < -0.3 is 4.74 Å². The third-order valence-electron chi connectivity index (χ3n) is 2.51. The van der Waals surface area contributed by atoms with Crippen molar-refractivity contribution < 1.29 is 9.13 Å². The van der Waals surface area contributed by atoms with Crippen LogP contribution in [-0.2, 0) is 0 Å². The Kier molecular flexibility index (Phi) is 3.40. The summed E-state index contributed by atoms with van der Waals surface area (Å²) in [6, 6.07) is 9.24. The maximum absolute atomic E-state index is 13.4. The maximum Gasteiger partial charge on any atom is 0.237 e. The first-order valence-electron chi connectivity index (χ1n) is 5.39. The van der Waals surface area contributed by atoms with E-state index in [0.717, 1.165) is 11.6 Å². The number of hydrogen-bond acceptors (Lipinski definition) is 4. The molecule has 0 aliphatic carbocycles. The predicted octanol–water partition coefficient (Wildman–Crippen LogP) is 3.06. The average Bonchev–Trinajstić information content (AvgIpc) is 2.39. The molecule has 0 unspecified atom stereocenters. The molecule has 4 nitrogen and oxygen atoms in total. The number of aryl methyl sites for hydroxylation is 1. The fourth-order valence-electron chi connectivity index (χ4n) is 1.51. The number of nitrogens with zero attached hydrogens (tertiary/aromatic N) is 3. The van der Waals surface area contributed by atoms with E-state index in [0.29, 0.717) is 5.56 Å². The third kappa shape index (κ3) is 2.51. The van der Waals surface area contributed by atoms with Crippen molar-refractivity contribution in [2.45, 2.75) is 6.92 Å². The van der Waals surface area contributed by atoms with Crippen LogP contribution in [0.1, 0.15) is 16.7 Å². The molecule has 0 aliphatic rings. The Balaban J connectivity index is 2.38. The number of aromatic nitrogens is 1. The lowest BCUT2D eigenvalue weighted by Crippen LogP contribution is -1.95. The molecule has 0 fully saturated rings. The molecule has 1 aromatic heterocycles. The summed E-state index contributed by atoms with van der Waals surface area (Å²) in [4.78, 5) is 3.95. The lowest BCUT2D eigenvalue weighted by Gasteiger charge is -2.07. The highest BCUT2D eigenvalue weighted by atomic mass is 19.1. The first-order valence-corrected chi connectivity index (χ1v) is 5.39. The predicted molar refractivity (Wildman–Crippen MR) is 64.9 cm³/mol. The molecule has 19 heavy (non-hydrogen) atoms. The number of nitriles is 2. The fraction of sp³-hybridized carbons (Fsp3) is 0.0714. The molecular weight excluding hydrogens is 245 g/mol. The number of halogens is 1. The molecule has 2 rings (SSSR count). The standard InChI is InChI=1S/C14H8FN3O/c1-9-4-5-18-14(12(9)8-17)19-11-3-2-10(7-16)13(15)6-11/h2-6H,1H3. The number of hydrogen-bond donors (Lipinski definition) is 0. The molecule has 0 saturated carbocycles. The quantitative estimate of drug-likeness (QED) is 0.824. The van der Waals surface area contributed by atoms with Crippen molar-refractivity contribution in [3.63, 3.8) is 0 Å². The Bertz CT molecular complexity index is 714. The summed E-state index contributed by atoms with van der Waals surface area (Å²) in [6.45, 7) is 1.76. The molecule has 0 amide bonds. The van der Waals surface area contributed by atoms with Gasteiger partial charge in [0.2, 0.25) is 5.88 Å². The maximum atomic E-state index is 13.4. The molecule has 92 valence electrons. The molecule has 0 bridgehead atoms. The monoisotopic (exact) mass is 253 g/mol. The SMILES string of the molecule is Cc1ccnc(Oc2ccc(C#N)c(F)c2)c1C#N. The van der Waals surface area contributed by atoms with Crippen molar-refractivity contribution in [2.75, 3.05) is 0 Å². The van der Waals surface area contributed by atoms with Gasteiger partial charge in [-0.05, 0) is 30.7 Å². The van der Waals surface area contributed by atoms with E-state index in [2.05, 4.69) is 4.98 Å². The Morgan fingerprint density at radius 1 is 1.21 bits per heavy atom. The van der Waals surface area contributed by atoms with Gasteiger partial charge in [0.25, 0.3) is 0 Å². The summed E-state index contributed by atoms with van der Waals surface area (Å²) in [7, 11) is 0. The van der Waals surface area contributed by atoms with Crippen molar-refractivity contribution in [1.82, 2.24) is 4.98 Å². The summed E-state index contributed by atoms with van der Waals surface area (Å²) >= 11 is 0. The number of pyridine rings is 1. The first-order chi connectivity index (χ1) is 9.15. The average molecular weight is 253 g/mol. The second kappa shape index (κ2) is 5.16. The lowest BCUT2D eigenvalue weighted by atomic mass is 10.2. The summed E-state index contributed by atoms with van der Waals surface area (Å²) in [6.07, 6.45) is 1.51. The highest BCUT2D eigenvalue weighted by Crippen LogP contribution is 2.25. The van der Waals surface area contributed by atoms with Crippen molar-refractivity contribution in [3.05, 3.63) is 53.0 Å². The van der Waals surface area contributed by atoms with Crippen LogP contribution in [0.3, 0.4) is 0 Å². The topological polar surface area (TPSA) is 69.7 Å². The Hall–Kier alpha value is -2.92. The second-order valence-electron chi connectivity index (χ2n) is 3.78. The zero-order valence-corrected chi connectivity index (χ0v) is 10.0. The van der Waals surface area contributed by atoms with Gasteiger partial charge in [0.05, 0.1) is 5.56 Å². The van der Waals surface area contributed by atoms with Gasteiger partial charge in [-0.2, -0.15) is 10.5 Å². The minimum Gasteiger partial charge on any atom is -0.438 e. The zero-order chi connectivity index (χ0) is 13.8. The second-order valence-corrected chi connectivity index (χ2v) is 3.78. The van der Waals surface area contributed by atoms with E-state index in [-0.39, 0.29) is 17.2 Å². The van der Waals surface area contributed by atoms with E-state index < -0.39 is 5.82 Å². The van der Waals surface area contributed by atoms with Crippen LogP contribution in [0.2, 0.25) is 0 Å². The van der Waals surface area contributed by atoms with Crippen molar-refractivity contribution in [2.24, 2.45) is 0 Å². The molecule has 5 heteroatoms. The van der Waals surface area contributed by atoms with Gasteiger partial charge in [-0.3, -0.25) is 0 Å². The van der Waals surface area contributed by atoms with Crippen LogP contribution in [0.4, 0.5) is 4.39 Å². The van der Waals surface area contributed by atoms with E-state index >= 15 is 0 Å². The van der Waals surface area contributed by atoms with E-state index in [4.69, 9.17) is 15.3 Å². The van der Waals surface area contributed by atoms with Gasteiger partial charge in [0.1, 0.15) is 29.3 Å². The third-order valence-corrected chi connectivity index (χ3v) is 2.51. The molecular formula is C14H8FN3O. The van der Waals surface area contributed by atoms with Crippen LogP contribution in [-0.4, -0.2) is 4.98 Å². The van der Waals surface area contributed by atoms with Crippen molar-refractivity contribution in [1.29, 1.82) is 10.5 Å². The van der Waals surface area contributed by atoms with E-state index in [1.807, 2.05) is 6.07 Å². The molecule has 0 N–H and O–H groups in total. The zero-order valence-electron chi connectivity index (χ0n) is 10.0. The molecule has 0 saturated heterocycles. The molecule has 1 heterocycles. The van der Waals surface area contributed by atoms with Crippen LogP contribution in [0.5, 0.6) is 11.6 Å². The smallest absolute Gasteiger partial charge is 0.237 e. The van der Waals surface area contributed by atoms with Crippen LogP contribution in [0.15, 0.2) is 30.5 Å². The summed E-state index contributed by atoms with van der Waals surface area (Å²) in [5.41, 5.74) is 0.957. The molecule has 1 aromatic carbocycles. The Morgan fingerprint density at radius 2 is 2.00 bits per heavy atom. The number of rotatable bonds is 2. The number of ether oxygens (including phenoxy) is 1. The van der Waals surface area contributed by atoms with Gasteiger partial charge in [-0.15, -0.1) is 0 Å². The van der Waals surface area contributed by atoms with Gasteiger partial charge in [0.15, 0.2) is 0 Å². The van der Waals surface area contributed by atoms with E-state index in [1.54, 1.807) is 19.1 Å². The fourth-order valence-corrected chi connectivity index (χ4v) is 1.51. The van der Waals surface area contributed by atoms with Crippen molar-refractivity contribution >= 4 is 0 Å². The molecule has 0 spiro atoms. The summed E-state index contributed by atoms with van der Waals surface area (Å²) < 4.78 is 18.8. The summed E-state index contributed by atoms with van der Waals surface area (Å²) in [5.74, 6) is -0.371. The van der Waals surface area contributed by atoms with Crippen LogP contribution in [0.25, 0.3) is 0 Å². The molecule has 0 radical (unpaired) electrons. The van der Waals surface area contributed by atoms with Gasteiger partial charge in [-0.1, -0.05) is 0 Å². The van der Waals surface area contributed by atoms with Crippen LogP contribution in [0, 0.1) is 35.4 Å². The highest BCUT2D eigenvalue weighted by molar-refractivity contribution is 5.46. The number of benzene rings is 1. The van der Waals surface area contributed by atoms with Gasteiger partial charge in [-0.25, -0.2) is 9.37 Å². The van der Waals surface area contributed by atoms with Gasteiger partial charge >= 0.3 is 0 Å². The van der Waals surface area contributed by atoms with E-state index in [1.165, 1.54) is 18.3 Å². The lowest BCUT2D eigenvalue weighted by molar-refractivity contribution is 0.456. The summed E-state index contributed by atoms with van der Waals surface area (Å²) in [5, 5.41) is 17.7. The molecule has 0 aliphatic heterocycles. The van der Waals surface area contributed by atoms with Crippen LogP contribution >= 0.6 is 0 Å².